The smallest absolute Gasteiger partial charge is 0.255 e. The van der Waals surface area contributed by atoms with Gasteiger partial charge in [0.25, 0.3) is 5.91 Å². The molecule has 2 aromatic rings. The molecule has 1 aliphatic rings. The minimum atomic E-state index is -0.278. The molecule has 1 fully saturated rings. The molecule has 1 saturated heterocycles. The first-order chi connectivity index (χ1) is 13.6. The molecule has 150 valence electrons. The van der Waals surface area contributed by atoms with Gasteiger partial charge in [-0.05, 0) is 43.5 Å². The average Bonchev–Trinajstić information content (AvgIpc) is 2.73. The summed E-state index contributed by atoms with van der Waals surface area (Å²) in [4.78, 5) is 15.2. The van der Waals surface area contributed by atoms with Gasteiger partial charge in [0.1, 0.15) is 0 Å². The molecule has 3 rings (SSSR count). The van der Waals surface area contributed by atoms with Gasteiger partial charge in [0.15, 0.2) is 11.5 Å². The molecule has 0 spiro atoms. The van der Waals surface area contributed by atoms with E-state index in [1.165, 1.54) is 27.8 Å². The van der Waals surface area contributed by atoms with Crippen molar-refractivity contribution in [3.8, 4) is 17.2 Å². The molecule has 0 aliphatic carbocycles. The van der Waals surface area contributed by atoms with Crippen molar-refractivity contribution in [3.63, 3.8) is 0 Å². The number of nitrogens with one attached hydrogen (secondary N) is 1. The van der Waals surface area contributed by atoms with Gasteiger partial charge in [-0.15, -0.1) is 0 Å². The van der Waals surface area contributed by atoms with Crippen LogP contribution in [0.15, 0.2) is 30.3 Å². The van der Waals surface area contributed by atoms with Crippen molar-refractivity contribution < 1.29 is 19.0 Å². The first-order valence-electron chi connectivity index (χ1n) is 9.24. The Morgan fingerprint density at radius 3 is 2.21 bits per heavy atom. The molecule has 2 aromatic carbocycles. The molecule has 28 heavy (non-hydrogen) atoms. The number of amides is 1. The number of nitrogens with zero attached hydrogens (tertiary/aromatic N) is 1. The van der Waals surface area contributed by atoms with Crippen molar-refractivity contribution in [2.75, 3.05) is 44.6 Å². The molecule has 7 heteroatoms. The highest BCUT2D eigenvalue weighted by Crippen LogP contribution is 2.39. The van der Waals surface area contributed by atoms with Gasteiger partial charge in [-0.25, -0.2) is 0 Å². The molecule has 1 amide bonds. The zero-order valence-corrected chi connectivity index (χ0v) is 17.1. The third kappa shape index (κ3) is 4.12. The largest absolute Gasteiger partial charge is 0.493 e. The Hall–Kier alpha value is -2.60. The SMILES string of the molecule is COc1cc(C(=O)Nc2cccc(Cl)c2N2CCCCC2)cc(OC)c1OC. The minimum Gasteiger partial charge on any atom is -0.493 e. The van der Waals surface area contributed by atoms with E-state index in [1.807, 2.05) is 18.2 Å². The number of benzene rings is 2. The zero-order chi connectivity index (χ0) is 20.1. The topological polar surface area (TPSA) is 60.0 Å². The molecule has 6 nitrogen and oxygen atoms in total. The number of piperidine rings is 1. The number of hydrogen-bond acceptors (Lipinski definition) is 5. The molecule has 0 bridgehead atoms. The summed E-state index contributed by atoms with van der Waals surface area (Å²) in [5.41, 5.74) is 1.96. The lowest BCUT2D eigenvalue weighted by molar-refractivity contribution is 0.102. The fraction of sp³-hybridized carbons (Fsp3) is 0.381. The Kier molecular flexibility index (Phi) is 6.52. The van der Waals surface area contributed by atoms with E-state index >= 15 is 0 Å². The number of carbonyl (C=O) groups is 1. The molecular weight excluding hydrogens is 380 g/mol. The molecular formula is C21H25ClN2O4. The van der Waals surface area contributed by atoms with Crippen LogP contribution < -0.4 is 24.4 Å². The third-order valence-electron chi connectivity index (χ3n) is 4.83. The number of ether oxygens (including phenoxy) is 3. The Morgan fingerprint density at radius 1 is 1.00 bits per heavy atom. The molecule has 0 radical (unpaired) electrons. The summed E-state index contributed by atoms with van der Waals surface area (Å²) in [6.07, 6.45) is 3.45. The molecule has 1 heterocycles. The van der Waals surface area contributed by atoms with Crippen LogP contribution in [-0.4, -0.2) is 40.3 Å². The van der Waals surface area contributed by atoms with E-state index in [0.717, 1.165) is 31.6 Å². The van der Waals surface area contributed by atoms with Crippen LogP contribution in [0.5, 0.6) is 17.2 Å². The van der Waals surface area contributed by atoms with E-state index in [4.69, 9.17) is 25.8 Å². The summed E-state index contributed by atoms with van der Waals surface area (Å²) >= 11 is 6.48. The molecule has 0 atom stereocenters. The second-order valence-corrected chi connectivity index (χ2v) is 6.96. The van der Waals surface area contributed by atoms with Crippen molar-refractivity contribution in [3.05, 3.63) is 40.9 Å². The summed E-state index contributed by atoms with van der Waals surface area (Å²) in [6, 6.07) is 8.80. The van der Waals surface area contributed by atoms with Gasteiger partial charge in [0.2, 0.25) is 5.75 Å². The summed E-state index contributed by atoms with van der Waals surface area (Å²) in [5.74, 6) is 1.02. The van der Waals surface area contributed by atoms with Gasteiger partial charge in [-0.1, -0.05) is 17.7 Å². The Bertz CT molecular complexity index is 825. The molecule has 1 aliphatic heterocycles. The van der Waals surface area contributed by atoms with Gasteiger partial charge >= 0.3 is 0 Å². The highest BCUT2D eigenvalue weighted by molar-refractivity contribution is 6.34. The number of para-hydroxylation sites is 1. The van der Waals surface area contributed by atoms with Crippen LogP contribution >= 0.6 is 11.6 Å². The molecule has 0 saturated carbocycles. The average molecular weight is 405 g/mol. The first kappa shape index (κ1) is 20.1. The van der Waals surface area contributed by atoms with Crippen LogP contribution in [0.1, 0.15) is 29.6 Å². The number of anilines is 2. The van der Waals surface area contributed by atoms with Crippen molar-refractivity contribution in [2.24, 2.45) is 0 Å². The van der Waals surface area contributed by atoms with Crippen LogP contribution in [0.2, 0.25) is 5.02 Å². The normalized spacial score (nSPS) is 13.8. The maximum atomic E-state index is 13.0. The van der Waals surface area contributed by atoms with Gasteiger partial charge in [-0.2, -0.15) is 0 Å². The summed E-state index contributed by atoms with van der Waals surface area (Å²) in [6.45, 7) is 1.85. The van der Waals surface area contributed by atoms with Gasteiger partial charge in [-0.3, -0.25) is 4.79 Å². The van der Waals surface area contributed by atoms with Gasteiger partial charge < -0.3 is 24.4 Å². The lowest BCUT2D eigenvalue weighted by Gasteiger charge is -2.31. The Balaban J connectivity index is 1.92. The first-order valence-corrected chi connectivity index (χ1v) is 9.61. The van der Waals surface area contributed by atoms with Crippen LogP contribution in [0, 0.1) is 0 Å². The van der Waals surface area contributed by atoms with Crippen LogP contribution in [0.25, 0.3) is 0 Å². The fourth-order valence-electron chi connectivity index (χ4n) is 3.46. The van der Waals surface area contributed by atoms with Crippen LogP contribution in [-0.2, 0) is 0 Å². The Morgan fingerprint density at radius 2 is 1.64 bits per heavy atom. The number of methoxy groups -OCH3 is 3. The van der Waals surface area contributed by atoms with Crippen molar-refractivity contribution in [2.45, 2.75) is 19.3 Å². The number of rotatable bonds is 6. The Labute approximate surface area is 170 Å². The molecule has 1 N–H and O–H groups in total. The molecule has 0 unspecified atom stereocenters. The van der Waals surface area contributed by atoms with Crippen molar-refractivity contribution in [1.82, 2.24) is 0 Å². The van der Waals surface area contributed by atoms with Crippen molar-refractivity contribution in [1.29, 1.82) is 0 Å². The predicted octanol–water partition coefficient (Wildman–Crippen LogP) is 4.61. The quantitative estimate of drug-likeness (QED) is 0.761. The highest BCUT2D eigenvalue weighted by atomic mass is 35.5. The van der Waals surface area contributed by atoms with Gasteiger partial charge in [0, 0.05) is 18.7 Å². The van der Waals surface area contributed by atoms with Gasteiger partial charge in [0.05, 0.1) is 37.7 Å². The van der Waals surface area contributed by atoms with E-state index in [0.29, 0.717) is 33.5 Å². The fourth-order valence-corrected chi connectivity index (χ4v) is 3.76. The maximum Gasteiger partial charge on any atom is 0.255 e. The lowest BCUT2D eigenvalue weighted by Crippen LogP contribution is -2.30. The number of halogens is 1. The van der Waals surface area contributed by atoms with E-state index in [1.54, 1.807) is 12.1 Å². The maximum absolute atomic E-state index is 13.0. The van der Waals surface area contributed by atoms with Crippen LogP contribution in [0.3, 0.4) is 0 Å². The standard InChI is InChI=1S/C21H25ClN2O4/c1-26-17-12-14(13-18(27-2)20(17)28-3)21(25)23-16-9-7-8-15(22)19(16)24-10-5-4-6-11-24/h7-9,12-13H,4-6,10-11H2,1-3H3,(H,23,25). The van der Waals surface area contributed by atoms with E-state index in [2.05, 4.69) is 10.2 Å². The second kappa shape index (κ2) is 9.06. The summed E-state index contributed by atoms with van der Waals surface area (Å²) in [7, 11) is 4.56. The summed E-state index contributed by atoms with van der Waals surface area (Å²) in [5, 5.41) is 3.62. The number of hydrogen-bond donors (Lipinski definition) is 1. The monoisotopic (exact) mass is 404 g/mol. The molecule has 0 aromatic heterocycles. The minimum absolute atomic E-state index is 0.278. The third-order valence-corrected chi connectivity index (χ3v) is 5.14. The number of carbonyl (C=O) groups excluding carboxylic acids is 1. The second-order valence-electron chi connectivity index (χ2n) is 6.55. The predicted molar refractivity (Wildman–Crippen MR) is 112 cm³/mol. The van der Waals surface area contributed by atoms with Crippen molar-refractivity contribution >= 4 is 28.9 Å². The zero-order valence-electron chi connectivity index (χ0n) is 16.4. The van der Waals surface area contributed by atoms with E-state index < -0.39 is 0 Å². The highest BCUT2D eigenvalue weighted by Gasteiger charge is 2.21. The van der Waals surface area contributed by atoms with E-state index in [-0.39, 0.29) is 5.91 Å². The van der Waals surface area contributed by atoms with E-state index in [9.17, 15) is 4.79 Å². The lowest BCUT2D eigenvalue weighted by atomic mass is 10.1. The summed E-state index contributed by atoms with van der Waals surface area (Å²) < 4.78 is 16.0. The van der Waals surface area contributed by atoms with Crippen LogP contribution in [0.4, 0.5) is 11.4 Å².